The van der Waals surface area contributed by atoms with Crippen LogP contribution in [0.4, 0.5) is 0 Å². The average molecular weight is 214 g/mol. The molecule has 0 aliphatic carbocycles. The number of likely N-dealkylation sites (tertiary alicyclic amines) is 1. The number of aliphatic hydroxyl groups is 1. The topological polar surface area (TPSA) is 43.8 Å². The van der Waals surface area contributed by atoms with Crippen molar-refractivity contribution in [3.8, 4) is 0 Å². The number of hydrogen-bond acceptors (Lipinski definition) is 3. The molecular weight excluding hydrogens is 192 g/mol. The van der Waals surface area contributed by atoms with Crippen LogP contribution in [0.2, 0.25) is 0 Å². The summed E-state index contributed by atoms with van der Waals surface area (Å²) in [5, 5.41) is 8.98. The fourth-order valence-electron chi connectivity index (χ4n) is 2.06. The van der Waals surface area contributed by atoms with Gasteiger partial charge in [-0.1, -0.05) is 13.3 Å². The predicted octanol–water partition coefficient (Wildman–Crippen LogP) is 0.312. The van der Waals surface area contributed by atoms with E-state index in [9.17, 15) is 4.79 Å². The molecule has 88 valence electrons. The minimum Gasteiger partial charge on any atom is -0.395 e. The Balaban J connectivity index is 2.51. The summed E-state index contributed by atoms with van der Waals surface area (Å²) in [5.41, 5.74) is 0. The van der Waals surface area contributed by atoms with Crippen molar-refractivity contribution in [3.05, 3.63) is 0 Å². The molecule has 1 fully saturated rings. The third-order valence-electron chi connectivity index (χ3n) is 3.03. The van der Waals surface area contributed by atoms with Crippen LogP contribution in [0.15, 0.2) is 0 Å². The number of likely N-dealkylation sites (N-methyl/N-ethyl adjacent to an activating group) is 1. The van der Waals surface area contributed by atoms with Gasteiger partial charge in [-0.3, -0.25) is 9.69 Å². The first-order valence-corrected chi connectivity index (χ1v) is 5.80. The average Bonchev–Trinajstić information content (AvgIpc) is 2.55. The van der Waals surface area contributed by atoms with Crippen LogP contribution in [0.5, 0.6) is 0 Å². The number of amides is 1. The lowest BCUT2D eigenvalue weighted by Crippen LogP contribution is -2.43. The van der Waals surface area contributed by atoms with Crippen molar-refractivity contribution in [1.29, 1.82) is 0 Å². The molecule has 0 saturated carbocycles. The van der Waals surface area contributed by atoms with Gasteiger partial charge in [0.25, 0.3) is 0 Å². The molecule has 15 heavy (non-hydrogen) atoms. The maximum absolute atomic E-state index is 11.8. The summed E-state index contributed by atoms with van der Waals surface area (Å²) in [5.74, 6) is 0.208. The lowest BCUT2D eigenvalue weighted by atomic mass is 10.2. The summed E-state index contributed by atoms with van der Waals surface area (Å²) in [6, 6.07) is 0.00806. The van der Waals surface area contributed by atoms with Crippen molar-refractivity contribution in [3.63, 3.8) is 0 Å². The molecule has 0 spiro atoms. The lowest BCUT2D eigenvalue weighted by Gasteiger charge is -2.26. The molecule has 0 bridgehead atoms. The summed E-state index contributed by atoms with van der Waals surface area (Å²) in [4.78, 5) is 15.7. The van der Waals surface area contributed by atoms with Crippen molar-refractivity contribution < 1.29 is 9.90 Å². The van der Waals surface area contributed by atoms with Crippen LogP contribution in [-0.2, 0) is 4.79 Å². The molecule has 1 heterocycles. The molecule has 4 heteroatoms. The van der Waals surface area contributed by atoms with E-state index in [4.69, 9.17) is 5.11 Å². The van der Waals surface area contributed by atoms with Gasteiger partial charge in [-0.2, -0.15) is 0 Å². The van der Waals surface area contributed by atoms with E-state index in [-0.39, 0.29) is 18.6 Å². The molecule has 1 saturated heterocycles. The highest BCUT2D eigenvalue weighted by Crippen LogP contribution is 2.16. The van der Waals surface area contributed by atoms with Crippen molar-refractivity contribution in [1.82, 2.24) is 9.80 Å². The monoisotopic (exact) mass is 214 g/mol. The fraction of sp³-hybridized carbons (Fsp3) is 0.909. The third kappa shape index (κ3) is 3.18. The lowest BCUT2D eigenvalue weighted by molar-refractivity contribution is -0.131. The second-order valence-electron chi connectivity index (χ2n) is 4.18. The Bertz CT molecular complexity index is 209. The molecule has 1 unspecified atom stereocenters. The van der Waals surface area contributed by atoms with Gasteiger partial charge in [0.2, 0.25) is 5.91 Å². The molecule has 0 radical (unpaired) electrons. The second kappa shape index (κ2) is 6.08. The third-order valence-corrected chi connectivity index (χ3v) is 3.03. The summed E-state index contributed by atoms with van der Waals surface area (Å²) < 4.78 is 0. The molecule has 1 N–H and O–H groups in total. The molecular formula is C11H22N2O2. The van der Waals surface area contributed by atoms with Gasteiger partial charge in [0.05, 0.1) is 12.6 Å². The molecule has 0 aromatic heterocycles. The van der Waals surface area contributed by atoms with Gasteiger partial charge in [-0.05, 0) is 19.4 Å². The summed E-state index contributed by atoms with van der Waals surface area (Å²) >= 11 is 0. The zero-order chi connectivity index (χ0) is 11.3. The standard InChI is InChI=1S/C11H22N2O2/c1-3-4-6-13(8-9-14)10-5-7-12(2)11(10)15/h10,14H,3-9H2,1-2H3. The van der Waals surface area contributed by atoms with Crippen molar-refractivity contribution in [2.45, 2.75) is 32.2 Å². The van der Waals surface area contributed by atoms with Gasteiger partial charge in [-0.25, -0.2) is 0 Å². The van der Waals surface area contributed by atoms with E-state index < -0.39 is 0 Å². The van der Waals surface area contributed by atoms with Crippen LogP contribution in [0.3, 0.4) is 0 Å². The summed E-state index contributed by atoms with van der Waals surface area (Å²) in [7, 11) is 1.85. The summed E-state index contributed by atoms with van der Waals surface area (Å²) in [6.45, 7) is 4.65. The quantitative estimate of drug-likeness (QED) is 0.692. The van der Waals surface area contributed by atoms with E-state index in [2.05, 4.69) is 11.8 Å². The van der Waals surface area contributed by atoms with Gasteiger partial charge in [0.1, 0.15) is 0 Å². The summed E-state index contributed by atoms with van der Waals surface area (Å²) in [6.07, 6.45) is 3.12. The number of unbranched alkanes of at least 4 members (excludes halogenated alkanes) is 1. The Morgan fingerprint density at radius 3 is 2.73 bits per heavy atom. The van der Waals surface area contributed by atoms with Crippen LogP contribution in [0.25, 0.3) is 0 Å². The molecule has 0 aromatic carbocycles. The molecule has 1 aliphatic rings. The first kappa shape index (κ1) is 12.5. The molecule has 1 amide bonds. The Morgan fingerprint density at radius 2 is 2.27 bits per heavy atom. The van der Waals surface area contributed by atoms with Crippen molar-refractivity contribution in [2.75, 3.05) is 33.3 Å². The van der Waals surface area contributed by atoms with E-state index in [0.717, 1.165) is 32.4 Å². The maximum atomic E-state index is 11.8. The van der Waals surface area contributed by atoms with E-state index in [1.807, 2.05) is 7.05 Å². The number of carbonyl (C=O) groups is 1. The van der Waals surface area contributed by atoms with Crippen LogP contribution in [0, 0.1) is 0 Å². The molecule has 0 aromatic rings. The largest absolute Gasteiger partial charge is 0.395 e. The Morgan fingerprint density at radius 1 is 1.53 bits per heavy atom. The number of aliphatic hydroxyl groups excluding tert-OH is 1. The maximum Gasteiger partial charge on any atom is 0.239 e. The number of rotatable bonds is 6. The Hall–Kier alpha value is -0.610. The van der Waals surface area contributed by atoms with Gasteiger partial charge in [0.15, 0.2) is 0 Å². The highest BCUT2D eigenvalue weighted by atomic mass is 16.3. The van der Waals surface area contributed by atoms with E-state index in [1.165, 1.54) is 0 Å². The smallest absolute Gasteiger partial charge is 0.239 e. The van der Waals surface area contributed by atoms with E-state index in [0.29, 0.717) is 6.54 Å². The van der Waals surface area contributed by atoms with Gasteiger partial charge >= 0.3 is 0 Å². The normalized spacial score (nSPS) is 21.7. The predicted molar refractivity (Wildman–Crippen MR) is 59.6 cm³/mol. The minimum absolute atomic E-state index is 0.00806. The highest BCUT2D eigenvalue weighted by Gasteiger charge is 2.33. The van der Waals surface area contributed by atoms with Crippen LogP contribution in [-0.4, -0.2) is 60.1 Å². The van der Waals surface area contributed by atoms with E-state index in [1.54, 1.807) is 4.90 Å². The van der Waals surface area contributed by atoms with Gasteiger partial charge in [0, 0.05) is 20.1 Å². The number of carbonyl (C=O) groups excluding carboxylic acids is 1. The SMILES string of the molecule is CCCCN(CCO)C1CCN(C)C1=O. The zero-order valence-corrected chi connectivity index (χ0v) is 9.78. The highest BCUT2D eigenvalue weighted by molar-refractivity contribution is 5.83. The number of hydrogen-bond donors (Lipinski definition) is 1. The van der Waals surface area contributed by atoms with Crippen molar-refractivity contribution in [2.24, 2.45) is 0 Å². The van der Waals surface area contributed by atoms with Crippen molar-refractivity contribution >= 4 is 5.91 Å². The second-order valence-corrected chi connectivity index (χ2v) is 4.18. The van der Waals surface area contributed by atoms with Gasteiger partial charge in [-0.15, -0.1) is 0 Å². The molecule has 1 atom stereocenters. The molecule has 4 nitrogen and oxygen atoms in total. The first-order chi connectivity index (χ1) is 7.20. The first-order valence-electron chi connectivity index (χ1n) is 5.80. The van der Waals surface area contributed by atoms with Crippen LogP contribution >= 0.6 is 0 Å². The zero-order valence-electron chi connectivity index (χ0n) is 9.78. The molecule has 1 rings (SSSR count). The Kier molecular flexibility index (Phi) is 5.05. The number of nitrogens with zero attached hydrogens (tertiary/aromatic N) is 2. The Labute approximate surface area is 91.9 Å². The van der Waals surface area contributed by atoms with Crippen LogP contribution in [0.1, 0.15) is 26.2 Å². The van der Waals surface area contributed by atoms with Crippen LogP contribution < -0.4 is 0 Å². The van der Waals surface area contributed by atoms with E-state index >= 15 is 0 Å². The minimum atomic E-state index is 0.00806. The fourth-order valence-corrected chi connectivity index (χ4v) is 2.06. The molecule has 1 aliphatic heterocycles. The van der Waals surface area contributed by atoms with Gasteiger partial charge < -0.3 is 10.0 Å².